The van der Waals surface area contributed by atoms with Gasteiger partial charge in [0.1, 0.15) is 0 Å². The summed E-state index contributed by atoms with van der Waals surface area (Å²) in [5.74, 6) is 5.07. The fraction of sp³-hybridized carbons (Fsp3) is 0.250. The molecule has 0 aliphatic heterocycles. The van der Waals surface area contributed by atoms with Crippen LogP contribution in [0.5, 0.6) is 0 Å². The zero-order valence-corrected chi connectivity index (χ0v) is 9.97. The van der Waals surface area contributed by atoms with E-state index in [4.69, 9.17) is 5.11 Å². The molecule has 0 saturated heterocycles. The van der Waals surface area contributed by atoms with Gasteiger partial charge in [0.15, 0.2) is 0 Å². The third-order valence-electron chi connectivity index (χ3n) is 1.91. The van der Waals surface area contributed by atoms with Crippen molar-refractivity contribution in [3.05, 3.63) is 34.9 Å². The highest BCUT2D eigenvalue weighted by Gasteiger charge is 2.05. The SMILES string of the molecule is Cc1cc(C#CCCBr)ccc1C(=O)O. The van der Waals surface area contributed by atoms with E-state index in [2.05, 4.69) is 27.8 Å². The molecule has 0 fully saturated rings. The second kappa shape index (κ2) is 5.57. The summed E-state index contributed by atoms with van der Waals surface area (Å²) in [6.07, 6.45) is 0.791. The lowest BCUT2D eigenvalue weighted by molar-refractivity contribution is 0.0696. The Labute approximate surface area is 97.4 Å². The smallest absolute Gasteiger partial charge is 0.335 e. The Balaban J connectivity index is 2.93. The van der Waals surface area contributed by atoms with Gasteiger partial charge < -0.3 is 5.11 Å². The van der Waals surface area contributed by atoms with E-state index >= 15 is 0 Å². The predicted octanol–water partition coefficient (Wildman–Crippen LogP) is 2.83. The molecule has 15 heavy (non-hydrogen) atoms. The number of aromatic carboxylic acids is 1. The molecule has 0 amide bonds. The van der Waals surface area contributed by atoms with Crippen LogP contribution in [0.1, 0.15) is 27.9 Å². The molecule has 2 nitrogen and oxygen atoms in total. The van der Waals surface area contributed by atoms with Gasteiger partial charge in [-0.05, 0) is 30.7 Å². The summed E-state index contributed by atoms with van der Waals surface area (Å²) in [6, 6.07) is 5.12. The second-order valence-electron chi connectivity index (χ2n) is 3.08. The van der Waals surface area contributed by atoms with E-state index in [1.165, 1.54) is 0 Å². The second-order valence-corrected chi connectivity index (χ2v) is 3.87. The molecular weight excluding hydrogens is 256 g/mol. The Bertz CT molecular complexity index is 427. The molecule has 3 heteroatoms. The Morgan fingerprint density at radius 2 is 2.27 bits per heavy atom. The van der Waals surface area contributed by atoms with Gasteiger partial charge >= 0.3 is 5.97 Å². The predicted molar refractivity (Wildman–Crippen MR) is 63.4 cm³/mol. The largest absolute Gasteiger partial charge is 0.478 e. The molecule has 0 atom stereocenters. The number of halogens is 1. The van der Waals surface area contributed by atoms with Crippen LogP contribution in [0.25, 0.3) is 0 Å². The Kier molecular flexibility index (Phi) is 4.38. The Morgan fingerprint density at radius 1 is 1.53 bits per heavy atom. The average Bonchev–Trinajstić information content (AvgIpc) is 2.17. The summed E-state index contributed by atoms with van der Waals surface area (Å²) >= 11 is 3.29. The molecule has 78 valence electrons. The highest BCUT2D eigenvalue weighted by Crippen LogP contribution is 2.10. The van der Waals surface area contributed by atoms with Crippen LogP contribution in [0.15, 0.2) is 18.2 Å². The fourth-order valence-electron chi connectivity index (χ4n) is 1.19. The van der Waals surface area contributed by atoms with Crippen LogP contribution in [-0.4, -0.2) is 16.4 Å². The van der Waals surface area contributed by atoms with Crippen LogP contribution >= 0.6 is 15.9 Å². The first-order valence-electron chi connectivity index (χ1n) is 4.54. The number of rotatable bonds is 2. The molecule has 1 N–H and O–H groups in total. The summed E-state index contributed by atoms with van der Waals surface area (Å²) in [7, 11) is 0. The highest BCUT2D eigenvalue weighted by molar-refractivity contribution is 9.09. The Morgan fingerprint density at radius 3 is 2.80 bits per heavy atom. The monoisotopic (exact) mass is 266 g/mol. The standard InChI is InChI=1S/C12H11BrO2/c1-9-8-10(4-2-3-7-13)5-6-11(9)12(14)15/h5-6,8H,3,7H2,1H3,(H,14,15). The van der Waals surface area contributed by atoms with E-state index in [9.17, 15) is 4.79 Å². The van der Waals surface area contributed by atoms with Crippen LogP contribution in [-0.2, 0) is 0 Å². The molecular formula is C12H11BrO2. The minimum absolute atomic E-state index is 0.334. The summed E-state index contributed by atoms with van der Waals surface area (Å²) in [5, 5.41) is 9.68. The molecule has 0 aromatic heterocycles. The summed E-state index contributed by atoms with van der Waals surface area (Å²) in [6.45, 7) is 1.78. The maximum Gasteiger partial charge on any atom is 0.335 e. The van der Waals surface area contributed by atoms with Crippen LogP contribution in [0.2, 0.25) is 0 Å². The van der Waals surface area contributed by atoms with Crippen molar-refractivity contribution in [1.82, 2.24) is 0 Å². The van der Waals surface area contributed by atoms with E-state index in [1.54, 1.807) is 25.1 Å². The summed E-state index contributed by atoms with van der Waals surface area (Å²) in [5.41, 5.74) is 1.94. The molecule has 0 spiro atoms. The fourth-order valence-corrected chi connectivity index (χ4v) is 1.39. The quantitative estimate of drug-likeness (QED) is 0.660. The average molecular weight is 267 g/mol. The molecule has 0 aliphatic rings. The van der Waals surface area contributed by atoms with Gasteiger partial charge in [-0.15, -0.1) is 0 Å². The zero-order valence-electron chi connectivity index (χ0n) is 8.38. The van der Waals surface area contributed by atoms with Crippen molar-refractivity contribution in [1.29, 1.82) is 0 Å². The lowest BCUT2D eigenvalue weighted by Gasteiger charge is -2.00. The van der Waals surface area contributed by atoms with Gasteiger partial charge in [-0.2, -0.15) is 0 Å². The van der Waals surface area contributed by atoms with Crippen molar-refractivity contribution in [3.63, 3.8) is 0 Å². The lowest BCUT2D eigenvalue weighted by Crippen LogP contribution is -1.99. The third kappa shape index (κ3) is 3.41. The van der Waals surface area contributed by atoms with E-state index in [0.717, 1.165) is 22.9 Å². The van der Waals surface area contributed by atoms with Gasteiger partial charge in [0.05, 0.1) is 5.56 Å². The molecule has 1 aromatic rings. The third-order valence-corrected chi connectivity index (χ3v) is 2.31. The minimum Gasteiger partial charge on any atom is -0.478 e. The maximum atomic E-state index is 10.8. The number of benzene rings is 1. The number of aryl methyl sites for hydroxylation is 1. The topological polar surface area (TPSA) is 37.3 Å². The number of hydrogen-bond acceptors (Lipinski definition) is 1. The van der Waals surface area contributed by atoms with E-state index in [-0.39, 0.29) is 0 Å². The van der Waals surface area contributed by atoms with Gasteiger partial charge in [0.25, 0.3) is 0 Å². The first-order valence-corrected chi connectivity index (χ1v) is 5.66. The maximum absolute atomic E-state index is 10.8. The molecule has 0 unspecified atom stereocenters. The number of hydrogen-bond donors (Lipinski definition) is 1. The van der Waals surface area contributed by atoms with Crippen molar-refractivity contribution in [3.8, 4) is 11.8 Å². The van der Waals surface area contributed by atoms with Gasteiger partial charge in [0, 0.05) is 17.3 Å². The van der Waals surface area contributed by atoms with E-state index in [1.807, 2.05) is 0 Å². The number of alkyl halides is 1. The molecule has 1 rings (SSSR count). The van der Waals surface area contributed by atoms with E-state index < -0.39 is 5.97 Å². The first-order chi connectivity index (χ1) is 7.15. The highest BCUT2D eigenvalue weighted by atomic mass is 79.9. The number of carbonyl (C=O) groups is 1. The normalized spacial score (nSPS) is 9.20. The van der Waals surface area contributed by atoms with E-state index in [0.29, 0.717) is 5.56 Å². The van der Waals surface area contributed by atoms with Crippen molar-refractivity contribution in [2.45, 2.75) is 13.3 Å². The van der Waals surface area contributed by atoms with Gasteiger partial charge in [-0.3, -0.25) is 0 Å². The zero-order chi connectivity index (χ0) is 11.3. The molecule has 0 bridgehead atoms. The van der Waals surface area contributed by atoms with Crippen LogP contribution in [0.3, 0.4) is 0 Å². The molecule has 0 radical (unpaired) electrons. The van der Waals surface area contributed by atoms with Crippen LogP contribution in [0, 0.1) is 18.8 Å². The van der Waals surface area contributed by atoms with Crippen molar-refractivity contribution in [2.24, 2.45) is 0 Å². The van der Waals surface area contributed by atoms with Crippen molar-refractivity contribution >= 4 is 21.9 Å². The summed E-state index contributed by atoms with van der Waals surface area (Å²) in [4.78, 5) is 10.8. The van der Waals surface area contributed by atoms with Crippen LogP contribution in [0.4, 0.5) is 0 Å². The van der Waals surface area contributed by atoms with Gasteiger partial charge in [0.2, 0.25) is 0 Å². The molecule has 1 aromatic carbocycles. The Hall–Kier alpha value is -1.27. The lowest BCUT2D eigenvalue weighted by atomic mass is 10.1. The summed E-state index contributed by atoms with van der Waals surface area (Å²) < 4.78 is 0. The number of carboxylic acids is 1. The molecule has 0 heterocycles. The number of carboxylic acid groups (broad SMARTS) is 1. The van der Waals surface area contributed by atoms with Gasteiger partial charge in [-0.25, -0.2) is 4.79 Å². The van der Waals surface area contributed by atoms with Gasteiger partial charge in [-0.1, -0.05) is 27.8 Å². The molecule has 0 aliphatic carbocycles. The van der Waals surface area contributed by atoms with Crippen LogP contribution < -0.4 is 0 Å². The minimum atomic E-state index is -0.896. The van der Waals surface area contributed by atoms with Crippen molar-refractivity contribution < 1.29 is 9.90 Å². The van der Waals surface area contributed by atoms with Crippen molar-refractivity contribution in [2.75, 3.05) is 5.33 Å². The first kappa shape index (κ1) is 11.8. The molecule has 0 saturated carbocycles.